The largest absolute Gasteiger partial charge is 0.459 e. The molecule has 3 rings (SSSR count). The molecule has 3 aliphatic rings. The van der Waals surface area contributed by atoms with Gasteiger partial charge >= 0.3 is 5.97 Å². The predicted molar refractivity (Wildman–Crippen MR) is 90.8 cm³/mol. The lowest BCUT2D eigenvalue weighted by Crippen LogP contribution is -2.49. The zero-order valence-electron chi connectivity index (χ0n) is 14.7. The van der Waals surface area contributed by atoms with Gasteiger partial charge in [-0.15, -0.1) is 0 Å². The first-order valence-electron chi connectivity index (χ1n) is 8.98. The van der Waals surface area contributed by atoms with Gasteiger partial charge < -0.3 is 9.84 Å². The van der Waals surface area contributed by atoms with E-state index in [0.717, 1.165) is 12.8 Å². The number of fused-ring (bicyclic) bond motifs is 1. The molecule has 0 amide bonds. The van der Waals surface area contributed by atoms with Gasteiger partial charge in [-0.3, -0.25) is 0 Å². The third-order valence-electron chi connectivity index (χ3n) is 6.86. The second-order valence-corrected chi connectivity index (χ2v) is 8.66. The van der Waals surface area contributed by atoms with Gasteiger partial charge in [-0.25, -0.2) is 4.79 Å². The Balaban J connectivity index is 1.86. The maximum atomic E-state index is 11.7. The molecule has 3 heteroatoms. The van der Waals surface area contributed by atoms with E-state index in [0.29, 0.717) is 22.8 Å². The molecule has 3 nitrogen and oxygen atoms in total. The van der Waals surface area contributed by atoms with E-state index >= 15 is 0 Å². The van der Waals surface area contributed by atoms with Crippen LogP contribution < -0.4 is 0 Å². The van der Waals surface area contributed by atoms with Crippen LogP contribution in [0.15, 0.2) is 23.8 Å². The topological polar surface area (TPSA) is 46.5 Å². The van der Waals surface area contributed by atoms with Crippen molar-refractivity contribution in [3.05, 3.63) is 23.8 Å². The van der Waals surface area contributed by atoms with E-state index in [9.17, 15) is 9.90 Å². The number of hydrogen-bond donors (Lipinski definition) is 1. The molecule has 1 saturated heterocycles. The molecule has 0 bridgehead atoms. The number of aliphatic hydroxyl groups excluding tert-OH is 1. The molecule has 1 heterocycles. The maximum absolute atomic E-state index is 11.7. The highest BCUT2D eigenvalue weighted by Gasteiger charge is 2.52. The lowest BCUT2D eigenvalue weighted by Gasteiger charge is -2.58. The fraction of sp³-hybridized carbons (Fsp3) is 0.750. The molecule has 1 unspecified atom stereocenters. The van der Waals surface area contributed by atoms with E-state index in [4.69, 9.17) is 4.74 Å². The van der Waals surface area contributed by atoms with Crippen molar-refractivity contribution in [1.29, 1.82) is 0 Å². The van der Waals surface area contributed by atoms with Crippen LogP contribution in [0.25, 0.3) is 0 Å². The van der Waals surface area contributed by atoms with Gasteiger partial charge in [0.05, 0.1) is 5.57 Å². The third-order valence-corrected chi connectivity index (χ3v) is 6.86. The van der Waals surface area contributed by atoms with Crippen molar-refractivity contribution < 1.29 is 14.6 Å². The molecular weight excluding hydrogens is 288 g/mol. The summed E-state index contributed by atoms with van der Waals surface area (Å²) in [6.45, 7) is 11.7. The Labute approximate surface area is 139 Å². The maximum Gasteiger partial charge on any atom is 0.336 e. The normalized spacial score (nSPS) is 41.7. The summed E-state index contributed by atoms with van der Waals surface area (Å²) in [6, 6.07) is 0. The van der Waals surface area contributed by atoms with E-state index in [1.807, 2.05) is 6.08 Å². The van der Waals surface area contributed by atoms with Gasteiger partial charge in [0.1, 0.15) is 12.7 Å². The molecule has 0 spiro atoms. The van der Waals surface area contributed by atoms with Crippen LogP contribution in [0.4, 0.5) is 0 Å². The van der Waals surface area contributed by atoms with Crippen LogP contribution in [0.5, 0.6) is 0 Å². The number of carbonyl (C=O) groups is 1. The molecule has 3 fully saturated rings. The lowest BCUT2D eigenvalue weighted by atomic mass is 9.47. The number of cyclic esters (lactones) is 1. The van der Waals surface area contributed by atoms with Crippen molar-refractivity contribution in [2.45, 2.75) is 65.4 Å². The van der Waals surface area contributed by atoms with Crippen LogP contribution >= 0.6 is 0 Å². The van der Waals surface area contributed by atoms with E-state index in [-0.39, 0.29) is 18.0 Å². The molecule has 0 radical (unpaired) electrons. The van der Waals surface area contributed by atoms with Crippen molar-refractivity contribution >= 4 is 5.97 Å². The SMILES string of the molecule is C=C1CC[C@H]2C(C)(C)CCC[C@]2(C)[C@H]1CC=C1C(=O)OCC1O. The van der Waals surface area contributed by atoms with Gasteiger partial charge in [-0.2, -0.15) is 0 Å². The molecule has 1 aliphatic heterocycles. The minimum absolute atomic E-state index is 0.100. The van der Waals surface area contributed by atoms with Crippen LogP contribution in [-0.4, -0.2) is 23.8 Å². The van der Waals surface area contributed by atoms with Crippen molar-refractivity contribution in [2.75, 3.05) is 6.61 Å². The number of carbonyl (C=O) groups excluding carboxylic acids is 1. The van der Waals surface area contributed by atoms with Crippen molar-refractivity contribution in [1.82, 2.24) is 0 Å². The van der Waals surface area contributed by atoms with Crippen molar-refractivity contribution in [2.24, 2.45) is 22.7 Å². The Morgan fingerprint density at radius 3 is 2.74 bits per heavy atom. The molecular formula is C20H30O3. The molecule has 4 atom stereocenters. The fourth-order valence-corrected chi connectivity index (χ4v) is 5.64. The first-order chi connectivity index (χ1) is 10.8. The predicted octanol–water partition coefficient (Wildman–Crippen LogP) is 4.02. The Hall–Kier alpha value is -1.09. The number of aliphatic hydroxyl groups is 1. The molecule has 23 heavy (non-hydrogen) atoms. The summed E-state index contributed by atoms with van der Waals surface area (Å²) in [5, 5.41) is 9.90. The Bertz CT molecular complexity index is 545. The summed E-state index contributed by atoms with van der Waals surface area (Å²) in [5.41, 5.74) is 2.39. The third kappa shape index (κ3) is 2.77. The van der Waals surface area contributed by atoms with Crippen LogP contribution in [0.3, 0.4) is 0 Å². The average molecular weight is 318 g/mol. The van der Waals surface area contributed by atoms with Crippen molar-refractivity contribution in [3.8, 4) is 0 Å². The Morgan fingerprint density at radius 1 is 1.35 bits per heavy atom. The quantitative estimate of drug-likeness (QED) is 0.475. The van der Waals surface area contributed by atoms with Gasteiger partial charge in [0.25, 0.3) is 0 Å². The second-order valence-electron chi connectivity index (χ2n) is 8.66. The summed E-state index contributed by atoms with van der Waals surface area (Å²) in [4.78, 5) is 11.7. The number of rotatable bonds is 2. The van der Waals surface area contributed by atoms with Gasteiger partial charge in [0, 0.05) is 0 Å². The molecule has 2 aliphatic carbocycles. The standard InChI is InChI=1S/C20H30O3/c1-13-6-9-17-19(2,3)10-5-11-20(17,4)15(13)8-7-14-16(21)12-23-18(14)22/h7,15-17,21H,1,5-6,8-12H2,2-4H3/t15-,16?,17-,20+/m0/s1. The lowest BCUT2D eigenvalue weighted by molar-refractivity contribution is -0.135. The van der Waals surface area contributed by atoms with Crippen LogP contribution in [0, 0.1) is 22.7 Å². The summed E-state index contributed by atoms with van der Waals surface area (Å²) in [6.07, 6.45) is 8.09. The highest BCUT2D eigenvalue weighted by Crippen LogP contribution is 2.61. The number of ether oxygens (including phenoxy) is 1. The highest BCUT2D eigenvalue weighted by atomic mass is 16.6. The fourth-order valence-electron chi connectivity index (χ4n) is 5.64. The summed E-state index contributed by atoms with van der Waals surface area (Å²) < 4.78 is 4.93. The monoisotopic (exact) mass is 318 g/mol. The summed E-state index contributed by atoms with van der Waals surface area (Å²) >= 11 is 0. The molecule has 0 aromatic heterocycles. The van der Waals surface area contributed by atoms with Gasteiger partial charge in [0.15, 0.2) is 0 Å². The number of esters is 1. The number of hydrogen-bond acceptors (Lipinski definition) is 3. The van der Waals surface area contributed by atoms with Gasteiger partial charge in [0.2, 0.25) is 0 Å². The zero-order valence-corrected chi connectivity index (χ0v) is 14.7. The molecule has 0 aromatic rings. The van der Waals surface area contributed by atoms with Crippen LogP contribution in [-0.2, 0) is 9.53 Å². The summed E-state index contributed by atoms with van der Waals surface area (Å²) in [5.74, 6) is 0.747. The van der Waals surface area contributed by atoms with E-state index in [2.05, 4.69) is 27.4 Å². The Morgan fingerprint density at radius 2 is 2.09 bits per heavy atom. The summed E-state index contributed by atoms with van der Waals surface area (Å²) in [7, 11) is 0. The van der Waals surface area contributed by atoms with Crippen LogP contribution in [0.1, 0.15) is 59.3 Å². The molecule has 0 aromatic carbocycles. The zero-order chi connectivity index (χ0) is 16.8. The average Bonchev–Trinajstić information content (AvgIpc) is 2.77. The smallest absolute Gasteiger partial charge is 0.336 e. The van der Waals surface area contributed by atoms with E-state index in [1.165, 1.54) is 31.3 Å². The highest BCUT2D eigenvalue weighted by molar-refractivity contribution is 5.91. The van der Waals surface area contributed by atoms with E-state index in [1.54, 1.807) is 0 Å². The first kappa shape index (κ1) is 16.8. The molecule has 2 saturated carbocycles. The molecule has 1 N–H and O–H groups in total. The number of allylic oxidation sites excluding steroid dienone is 2. The van der Waals surface area contributed by atoms with Gasteiger partial charge in [-0.05, 0) is 54.8 Å². The minimum Gasteiger partial charge on any atom is -0.459 e. The first-order valence-corrected chi connectivity index (χ1v) is 8.98. The molecule has 128 valence electrons. The second kappa shape index (κ2) is 5.77. The minimum atomic E-state index is -0.759. The van der Waals surface area contributed by atoms with Crippen LogP contribution in [0.2, 0.25) is 0 Å². The van der Waals surface area contributed by atoms with Gasteiger partial charge in [-0.1, -0.05) is 45.4 Å². The Kier molecular flexibility index (Phi) is 4.20. The van der Waals surface area contributed by atoms with E-state index < -0.39 is 6.10 Å². The van der Waals surface area contributed by atoms with Crippen molar-refractivity contribution in [3.63, 3.8) is 0 Å².